The molecule has 0 aliphatic heterocycles. The quantitative estimate of drug-likeness (QED) is 0.393. The number of rotatable bonds is 13. The van der Waals surface area contributed by atoms with Gasteiger partial charge in [-0.05, 0) is 19.3 Å². The van der Waals surface area contributed by atoms with Crippen LogP contribution >= 0.6 is 0 Å². The van der Waals surface area contributed by atoms with Crippen molar-refractivity contribution < 1.29 is 20.4 Å². The molecule has 0 heterocycles. The summed E-state index contributed by atoms with van der Waals surface area (Å²) in [6, 6.07) is 0. The van der Waals surface area contributed by atoms with Crippen molar-refractivity contribution in [3.63, 3.8) is 0 Å². The van der Waals surface area contributed by atoms with Crippen LogP contribution in [-0.4, -0.2) is 46.4 Å². The molecule has 0 bridgehead atoms. The summed E-state index contributed by atoms with van der Waals surface area (Å²) in [4.78, 5) is 0. The van der Waals surface area contributed by atoms with Crippen LogP contribution in [0.25, 0.3) is 0 Å². The zero-order chi connectivity index (χ0) is 15.5. The highest BCUT2D eigenvalue weighted by Crippen LogP contribution is 2.05. The van der Waals surface area contributed by atoms with Crippen molar-refractivity contribution in [2.75, 3.05) is 19.8 Å². The van der Waals surface area contributed by atoms with E-state index in [-0.39, 0.29) is 6.61 Å². The molecule has 0 aliphatic rings. The van der Waals surface area contributed by atoms with Crippen molar-refractivity contribution in [1.82, 2.24) is 0 Å². The van der Waals surface area contributed by atoms with Gasteiger partial charge in [0, 0.05) is 13.2 Å². The Morgan fingerprint density at radius 3 is 1.50 bits per heavy atom. The fourth-order valence-corrected chi connectivity index (χ4v) is 1.83. The lowest BCUT2D eigenvalue weighted by atomic mass is 10.1. The minimum absolute atomic E-state index is 0.0911. The van der Waals surface area contributed by atoms with Crippen molar-refractivity contribution in [3.05, 3.63) is 0 Å². The van der Waals surface area contributed by atoms with E-state index in [1.807, 2.05) is 0 Å². The molecule has 0 radical (unpaired) electrons. The third-order valence-corrected chi connectivity index (χ3v) is 3.17. The summed E-state index contributed by atoms with van der Waals surface area (Å²) in [7, 11) is 0. The van der Waals surface area contributed by atoms with Gasteiger partial charge in [-0.2, -0.15) is 0 Å². The predicted octanol–water partition coefficient (Wildman–Crippen LogP) is 2.62. The van der Waals surface area contributed by atoms with E-state index < -0.39 is 6.10 Å². The van der Waals surface area contributed by atoms with Gasteiger partial charge >= 0.3 is 0 Å². The molecule has 1 atom stereocenters. The van der Waals surface area contributed by atoms with Crippen LogP contribution in [0.1, 0.15) is 77.6 Å². The molecule has 124 valence electrons. The van der Waals surface area contributed by atoms with Gasteiger partial charge in [0.25, 0.3) is 0 Å². The highest BCUT2D eigenvalue weighted by atomic mass is 16.3. The highest BCUT2D eigenvalue weighted by Gasteiger charge is 1.99. The molecule has 0 aromatic rings. The van der Waals surface area contributed by atoms with E-state index in [2.05, 4.69) is 6.92 Å². The van der Waals surface area contributed by atoms with Gasteiger partial charge in [0.1, 0.15) is 0 Å². The molecule has 0 saturated carbocycles. The van der Waals surface area contributed by atoms with E-state index in [9.17, 15) is 0 Å². The first kappa shape index (κ1) is 22.1. The van der Waals surface area contributed by atoms with Crippen LogP contribution in [0.5, 0.6) is 0 Å². The van der Waals surface area contributed by atoms with Crippen molar-refractivity contribution >= 4 is 0 Å². The van der Waals surface area contributed by atoms with Crippen molar-refractivity contribution in [2.24, 2.45) is 0 Å². The second-order valence-corrected chi connectivity index (χ2v) is 5.25. The summed E-state index contributed by atoms with van der Waals surface area (Å²) < 4.78 is 0. The molecule has 0 aromatic heterocycles. The van der Waals surface area contributed by atoms with Crippen LogP contribution in [0, 0.1) is 0 Å². The molecule has 4 N–H and O–H groups in total. The third-order valence-electron chi connectivity index (χ3n) is 3.17. The van der Waals surface area contributed by atoms with Crippen molar-refractivity contribution in [3.8, 4) is 0 Å². The summed E-state index contributed by atoms with van der Waals surface area (Å²) >= 11 is 0. The first-order valence-corrected chi connectivity index (χ1v) is 8.23. The molecule has 0 aromatic carbocycles. The van der Waals surface area contributed by atoms with Crippen LogP contribution in [0.2, 0.25) is 0 Å². The van der Waals surface area contributed by atoms with Crippen molar-refractivity contribution in [2.45, 2.75) is 83.7 Å². The SMILES string of the molecule is CCCCCCC(O)CO.OCCCCCCCCO. The molecular weight excluding hydrogens is 256 g/mol. The molecule has 4 nitrogen and oxygen atoms in total. The van der Waals surface area contributed by atoms with Gasteiger partial charge in [-0.1, -0.05) is 58.3 Å². The van der Waals surface area contributed by atoms with Gasteiger partial charge in [-0.25, -0.2) is 0 Å². The smallest absolute Gasteiger partial charge is 0.0770 e. The van der Waals surface area contributed by atoms with Crippen LogP contribution in [-0.2, 0) is 0 Å². The second-order valence-electron chi connectivity index (χ2n) is 5.25. The lowest BCUT2D eigenvalue weighted by Crippen LogP contribution is -2.10. The Morgan fingerprint density at radius 2 is 1.10 bits per heavy atom. The summed E-state index contributed by atoms with van der Waals surface area (Å²) in [6.07, 6.45) is 11.4. The average molecular weight is 292 g/mol. The minimum Gasteiger partial charge on any atom is -0.396 e. The summed E-state index contributed by atoms with van der Waals surface area (Å²) in [5, 5.41) is 34.2. The largest absolute Gasteiger partial charge is 0.396 e. The van der Waals surface area contributed by atoms with Crippen LogP contribution in [0.3, 0.4) is 0 Å². The molecule has 1 unspecified atom stereocenters. The van der Waals surface area contributed by atoms with E-state index in [0.717, 1.165) is 38.5 Å². The van der Waals surface area contributed by atoms with Gasteiger partial charge in [-0.15, -0.1) is 0 Å². The Labute approximate surface area is 124 Å². The fraction of sp³-hybridized carbons (Fsp3) is 1.00. The first-order chi connectivity index (χ1) is 9.72. The van der Waals surface area contributed by atoms with Crippen LogP contribution < -0.4 is 0 Å². The Morgan fingerprint density at radius 1 is 0.650 bits per heavy atom. The Balaban J connectivity index is 0. The monoisotopic (exact) mass is 292 g/mol. The summed E-state index contributed by atoms with van der Waals surface area (Å²) in [5.74, 6) is 0. The lowest BCUT2D eigenvalue weighted by Gasteiger charge is -2.04. The summed E-state index contributed by atoms with van der Waals surface area (Å²) in [5.41, 5.74) is 0. The topological polar surface area (TPSA) is 80.9 Å². The lowest BCUT2D eigenvalue weighted by molar-refractivity contribution is 0.0860. The second kappa shape index (κ2) is 21.1. The van der Waals surface area contributed by atoms with E-state index >= 15 is 0 Å². The normalized spacial score (nSPS) is 11.8. The maximum Gasteiger partial charge on any atom is 0.0770 e. The number of unbranched alkanes of at least 4 members (excludes halogenated alkanes) is 8. The highest BCUT2D eigenvalue weighted by molar-refractivity contribution is 4.52. The molecule has 0 rings (SSSR count). The predicted molar refractivity (Wildman–Crippen MR) is 83.7 cm³/mol. The number of aliphatic hydroxyl groups excluding tert-OH is 4. The average Bonchev–Trinajstić information content (AvgIpc) is 2.48. The van der Waals surface area contributed by atoms with E-state index in [4.69, 9.17) is 20.4 Å². The standard InChI is InChI=1S/2C8H18O2/c1-2-3-4-5-6-8(10)7-9;9-7-5-3-1-2-4-6-8-10/h8-10H,2-7H2,1H3;9-10H,1-8H2. The number of hydrogen-bond acceptors (Lipinski definition) is 4. The zero-order valence-corrected chi connectivity index (χ0v) is 13.3. The zero-order valence-electron chi connectivity index (χ0n) is 13.3. The Hall–Kier alpha value is -0.160. The molecule has 20 heavy (non-hydrogen) atoms. The molecule has 0 fully saturated rings. The Bertz CT molecular complexity index is 145. The maximum atomic E-state index is 8.91. The maximum absolute atomic E-state index is 8.91. The molecule has 0 amide bonds. The molecule has 0 spiro atoms. The molecule has 0 aliphatic carbocycles. The number of hydrogen-bond donors (Lipinski definition) is 4. The van der Waals surface area contributed by atoms with Crippen molar-refractivity contribution in [1.29, 1.82) is 0 Å². The number of aliphatic hydroxyl groups is 4. The van der Waals surface area contributed by atoms with E-state index in [1.165, 1.54) is 32.1 Å². The molecule has 0 saturated heterocycles. The first-order valence-electron chi connectivity index (χ1n) is 8.23. The van der Waals surface area contributed by atoms with E-state index in [0.29, 0.717) is 13.2 Å². The van der Waals surface area contributed by atoms with E-state index in [1.54, 1.807) is 0 Å². The van der Waals surface area contributed by atoms with Gasteiger partial charge < -0.3 is 20.4 Å². The van der Waals surface area contributed by atoms with Crippen LogP contribution in [0.15, 0.2) is 0 Å². The van der Waals surface area contributed by atoms with Gasteiger partial charge in [0.15, 0.2) is 0 Å². The third kappa shape index (κ3) is 23.0. The minimum atomic E-state index is -0.489. The summed E-state index contributed by atoms with van der Waals surface area (Å²) in [6.45, 7) is 2.70. The molecule has 4 heteroatoms. The fourth-order valence-electron chi connectivity index (χ4n) is 1.83. The van der Waals surface area contributed by atoms with Crippen LogP contribution in [0.4, 0.5) is 0 Å². The Kier molecular flexibility index (Phi) is 23.4. The van der Waals surface area contributed by atoms with Gasteiger partial charge in [-0.3, -0.25) is 0 Å². The van der Waals surface area contributed by atoms with Gasteiger partial charge in [0.05, 0.1) is 12.7 Å². The van der Waals surface area contributed by atoms with Gasteiger partial charge in [0.2, 0.25) is 0 Å². The molecular formula is C16H36O4.